The Kier molecular flexibility index (Phi) is 2.42. The Morgan fingerprint density at radius 1 is 1.21 bits per heavy atom. The highest BCUT2D eigenvalue weighted by Crippen LogP contribution is 2.20. The van der Waals surface area contributed by atoms with Crippen molar-refractivity contribution in [1.82, 2.24) is 4.98 Å². The smallest absolute Gasteiger partial charge is 0.348 e. The number of aromatic nitrogens is 1. The molecular formula is C13H7NO5. The lowest BCUT2D eigenvalue weighted by atomic mass is 10.1. The Morgan fingerprint density at radius 2 is 2.05 bits per heavy atom. The lowest BCUT2D eigenvalue weighted by Crippen LogP contribution is -2.09. The summed E-state index contributed by atoms with van der Waals surface area (Å²) in [5.74, 6) is -0.879. The fraction of sp³-hybridized carbons (Fsp3) is 0. The van der Waals surface area contributed by atoms with Crippen molar-refractivity contribution in [2.24, 2.45) is 0 Å². The molecule has 0 aliphatic heterocycles. The van der Waals surface area contributed by atoms with Crippen LogP contribution in [0.5, 0.6) is 0 Å². The molecular weight excluding hydrogens is 250 g/mol. The maximum absolute atomic E-state index is 11.9. The van der Waals surface area contributed by atoms with Crippen molar-refractivity contribution in [3.63, 3.8) is 0 Å². The van der Waals surface area contributed by atoms with Gasteiger partial charge in [0.25, 0.3) is 5.89 Å². The summed E-state index contributed by atoms with van der Waals surface area (Å²) in [5.41, 5.74) is -0.637. The topological polar surface area (TPSA) is 93.5 Å². The first-order valence-corrected chi connectivity index (χ1v) is 5.38. The second kappa shape index (κ2) is 4.09. The highest BCUT2D eigenvalue weighted by atomic mass is 16.4. The Balaban J connectivity index is 2.35. The molecule has 1 N–H and O–H groups in total. The minimum Gasteiger partial charge on any atom is -0.478 e. The molecule has 0 saturated carbocycles. The third kappa shape index (κ3) is 1.79. The molecule has 0 aliphatic rings. The van der Waals surface area contributed by atoms with Crippen molar-refractivity contribution in [2.75, 3.05) is 0 Å². The molecule has 19 heavy (non-hydrogen) atoms. The van der Waals surface area contributed by atoms with Crippen molar-refractivity contribution in [1.29, 1.82) is 0 Å². The van der Waals surface area contributed by atoms with E-state index in [0.29, 0.717) is 5.76 Å². The number of carboxylic acids is 1. The van der Waals surface area contributed by atoms with E-state index in [0.717, 1.165) is 0 Å². The molecule has 3 aromatic rings. The molecule has 2 heterocycles. The minimum atomic E-state index is -1.20. The summed E-state index contributed by atoms with van der Waals surface area (Å²) in [5, 5.41) is 8.98. The zero-order valence-electron chi connectivity index (χ0n) is 9.49. The maximum atomic E-state index is 11.9. The molecule has 0 unspecified atom stereocenters. The van der Waals surface area contributed by atoms with Crippen LogP contribution in [-0.2, 0) is 0 Å². The lowest BCUT2D eigenvalue weighted by Gasteiger charge is -2.01. The third-order valence-electron chi connectivity index (χ3n) is 2.62. The fourth-order valence-corrected chi connectivity index (χ4v) is 1.80. The number of hydrogen-bond donors (Lipinski definition) is 1. The molecule has 0 spiro atoms. The van der Waals surface area contributed by atoms with Gasteiger partial charge in [-0.2, -0.15) is 0 Å². The van der Waals surface area contributed by atoms with E-state index in [1.54, 1.807) is 18.2 Å². The van der Waals surface area contributed by atoms with E-state index >= 15 is 0 Å². The summed E-state index contributed by atoms with van der Waals surface area (Å²) in [6.07, 6.45) is 1.43. The summed E-state index contributed by atoms with van der Waals surface area (Å²) in [6.45, 7) is 0. The highest BCUT2D eigenvalue weighted by Gasteiger charge is 2.16. The third-order valence-corrected chi connectivity index (χ3v) is 2.62. The van der Waals surface area contributed by atoms with E-state index in [2.05, 4.69) is 4.98 Å². The van der Waals surface area contributed by atoms with Crippen LogP contribution in [0.3, 0.4) is 0 Å². The van der Waals surface area contributed by atoms with Crippen LogP contribution >= 0.6 is 0 Å². The summed E-state index contributed by atoms with van der Waals surface area (Å²) in [4.78, 5) is 27.1. The first kappa shape index (κ1) is 11.2. The molecule has 2 aromatic heterocycles. The van der Waals surface area contributed by atoms with Crippen LogP contribution in [0.15, 0.2) is 50.2 Å². The van der Waals surface area contributed by atoms with Crippen LogP contribution < -0.4 is 5.63 Å². The Labute approximate surface area is 105 Å². The molecule has 0 amide bonds. The molecule has 0 aliphatic carbocycles. The van der Waals surface area contributed by atoms with E-state index in [4.69, 9.17) is 13.9 Å². The molecule has 6 heteroatoms. The highest BCUT2D eigenvalue weighted by molar-refractivity contribution is 6.02. The number of carboxylic acid groups (broad SMARTS) is 1. The van der Waals surface area contributed by atoms with Gasteiger partial charge in [0.05, 0.1) is 17.3 Å². The van der Waals surface area contributed by atoms with Gasteiger partial charge in [-0.1, -0.05) is 6.07 Å². The van der Waals surface area contributed by atoms with Crippen LogP contribution in [0.4, 0.5) is 0 Å². The number of aromatic carboxylic acids is 1. The quantitative estimate of drug-likeness (QED) is 0.755. The van der Waals surface area contributed by atoms with Gasteiger partial charge in [0, 0.05) is 0 Å². The van der Waals surface area contributed by atoms with E-state index in [1.807, 2.05) is 0 Å². The normalized spacial score (nSPS) is 10.7. The van der Waals surface area contributed by atoms with Gasteiger partial charge in [-0.25, -0.2) is 14.6 Å². The van der Waals surface area contributed by atoms with E-state index in [9.17, 15) is 9.59 Å². The number of benzene rings is 1. The Bertz CT molecular complexity index is 817. The zero-order chi connectivity index (χ0) is 13.4. The van der Waals surface area contributed by atoms with Crippen LogP contribution in [0.1, 0.15) is 10.4 Å². The number of hydrogen-bond acceptors (Lipinski definition) is 5. The van der Waals surface area contributed by atoms with Gasteiger partial charge in [-0.3, -0.25) is 0 Å². The van der Waals surface area contributed by atoms with Gasteiger partial charge in [0.15, 0.2) is 5.76 Å². The number of carbonyl (C=O) groups is 1. The summed E-state index contributed by atoms with van der Waals surface area (Å²) >= 11 is 0. The van der Waals surface area contributed by atoms with Crippen molar-refractivity contribution >= 4 is 16.9 Å². The molecule has 0 atom stereocenters. The molecule has 0 fully saturated rings. The van der Waals surface area contributed by atoms with Crippen molar-refractivity contribution in [3.05, 3.63) is 52.6 Å². The minimum absolute atomic E-state index is 0.0186. The van der Waals surface area contributed by atoms with Crippen LogP contribution in [-0.4, -0.2) is 16.1 Å². The first-order valence-electron chi connectivity index (χ1n) is 5.38. The monoisotopic (exact) mass is 257 g/mol. The maximum Gasteiger partial charge on any atom is 0.348 e. The van der Waals surface area contributed by atoms with Gasteiger partial charge in [-0.15, -0.1) is 0 Å². The van der Waals surface area contributed by atoms with Crippen molar-refractivity contribution < 1.29 is 18.7 Å². The van der Waals surface area contributed by atoms with Gasteiger partial charge < -0.3 is 13.9 Å². The molecule has 94 valence electrons. The van der Waals surface area contributed by atoms with E-state index < -0.39 is 11.6 Å². The molecule has 0 radical (unpaired) electrons. The van der Waals surface area contributed by atoms with E-state index in [-0.39, 0.29) is 22.4 Å². The Hall–Kier alpha value is -2.89. The average molecular weight is 257 g/mol. The lowest BCUT2D eigenvalue weighted by molar-refractivity contribution is 0.0698. The van der Waals surface area contributed by atoms with Gasteiger partial charge in [0.2, 0.25) is 0 Å². The van der Waals surface area contributed by atoms with Crippen molar-refractivity contribution in [3.8, 4) is 11.7 Å². The molecule has 3 rings (SSSR count). The standard InChI is InChI=1S/C13H7NO5/c15-12(16)7-3-1-4-8-10(7)13(17)19-11(14-8)9-5-2-6-18-9/h1-6H,(H,15,16). The number of furan rings is 1. The zero-order valence-corrected chi connectivity index (χ0v) is 9.49. The van der Waals surface area contributed by atoms with Gasteiger partial charge >= 0.3 is 11.6 Å². The van der Waals surface area contributed by atoms with Crippen molar-refractivity contribution in [2.45, 2.75) is 0 Å². The van der Waals surface area contributed by atoms with E-state index in [1.165, 1.54) is 18.4 Å². The van der Waals surface area contributed by atoms with Gasteiger partial charge in [-0.05, 0) is 24.3 Å². The number of rotatable bonds is 2. The summed E-state index contributed by atoms with van der Waals surface area (Å²) in [7, 11) is 0. The molecule has 1 aromatic carbocycles. The molecule has 0 bridgehead atoms. The van der Waals surface area contributed by atoms with Crippen LogP contribution in [0.25, 0.3) is 22.6 Å². The SMILES string of the molecule is O=C(O)c1cccc2nc(-c3ccco3)oc(=O)c12. The molecule has 6 nitrogen and oxygen atoms in total. The van der Waals surface area contributed by atoms with Crippen LogP contribution in [0.2, 0.25) is 0 Å². The number of fused-ring (bicyclic) bond motifs is 1. The second-order valence-electron chi connectivity index (χ2n) is 3.79. The average Bonchev–Trinajstić information content (AvgIpc) is 2.91. The summed E-state index contributed by atoms with van der Waals surface area (Å²) in [6, 6.07) is 7.62. The number of nitrogens with zero attached hydrogens (tertiary/aromatic N) is 1. The predicted molar refractivity (Wildman–Crippen MR) is 64.9 cm³/mol. The Morgan fingerprint density at radius 3 is 2.74 bits per heavy atom. The molecule has 0 saturated heterocycles. The largest absolute Gasteiger partial charge is 0.478 e. The predicted octanol–water partition coefficient (Wildman–Crippen LogP) is 2.15. The second-order valence-corrected chi connectivity index (χ2v) is 3.79. The van der Waals surface area contributed by atoms with Crippen LogP contribution in [0, 0.1) is 0 Å². The fourth-order valence-electron chi connectivity index (χ4n) is 1.80. The first-order chi connectivity index (χ1) is 9.16. The summed E-state index contributed by atoms with van der Waals surface area (Å²) < 4.78 is 10.1. The van der Waals surface area contributed by atoms with Gasteiger partial charge in [0.1, 0.15) is 5.39 Å².